The van der Waals surface area contributed by atoms with Crippen LogP contribution in [0.5, 0.6) is 0 Å². The average Bonchev–Trinajstić information content (AvgIpc) is 2.94. The fourth-order valence-corrected chi connectivity index (χ4v) is 4.43. The van der Waals surface area contributed by atoms with Gasteiger partial charge in [-0.05, 0) is 62.1 Å². The standard InChI is InChI=1S/C24H23F3N2O2/c1-13-8-14(2)21(15(3)9-13)22-20(30)11-17(23(22)31)6-7-29-19-5-4-16(12-28)10-18(19)24(25,26)27/h4-5,8-10,17,22,29H,6-7,11H2,1-3H3. The number of halogens is 3. The molecule has 3 rings (SSSR count). The highest BCUT2D eigenvalue weighted by atomic mass is 19.4. The van der Waals surface area contributed by atoms with Crippen molar-refractivity contribution in [2.24, 2.45) is 5.92 Å². The van der Waals surface area contributed by atoms with Gasteiger partial charge in [-0.25, -0.2) is 0 Å². The Balaban J connectivity index is 1.73. The molecule has 7 heteroatoms. The van der Waals surface area contributed by atoms with Crippen molar-refractivity contribution in [3.8, 4) is 6.07 Å². The number of Topliss-reactive ketones (excluding diaryl/α,β-unsaturated/α-hetero) is 2. The molecule has 2 atom stereocenters. The van der Waals surface area contributed by atoms with Crippen molar-refractivity contribution in [2.45, 2.75) is 45.7 Å². The van der Waals surface area contributed by atoms with E-state index in [1.165, 1.54) is 12.1 Å². The van der Waals surface area contributed by atoms with E-state index in [0.717, 1.165) is 28.3 Å². The molecule has 1 N–H and O–H groups in total. The van der Waals surface area contributed by atoms with Gasteiger partial charge in [0.1, 0.15) is 11.7 Å². The maximum absolute atomic E-state index is 13.3. The molecule has 0 aromatic heterocycles. The van der Waals surface area contributed by atoms with Crippen LogP contribution in [0, 0.1) is 38.0 Å². The minimum Gasteiger partial charge on any atom is -0.385 e. The van der Waals surface area contributed by atoms with Gasteiger partial charge in [-0.1, -0.05) is 17.7 Å². The highest BCUT2D eigenvalue weighted by Crippen LogP contribution is 2.38. The minimum atomic E-state index is -4.61. The number of nitrogens with one attached hydrogen (secondary N) is 1. The first-order chi connectivity index (χ1) is 14.5. The van der Waals surface area contributed by atoms with E-state index in [4.69, 9.17) is 5.26 Å². The molecule has 1 fully saturated rings. The monoisotopic (exact) mass is 428 g/mol. The van der Waals surface area contributed by atoms with Crippen molar-refractivity contribution < 1.29 is 22.8 Å². The summed E-state index contributed by atoms with van der Waals surface area (Å²) in [4.78, 5) is 25.6. The lowest BCUT2D eigenvalue weighted by Crippen LogP contribution is -2.19. The van der Waals surface area contributed by atoms with Crippen LogP contribution in [-0.4, -0.2) is 18.1 Å². The van der Waals surface area contributed by atoms with E-state index >= 15 is 0 Å². The number of carbonyl (C=O) groups is 2. The zero-order chi connectivity index (χ0) is 22.9. The van der Waals surface area contributed by atoms with Crippen LogP contribution < -0.4 is 5.32 Å². The Hall–Kier alpha value is -3.14. The summed E-state index contributed by atoms with van der Waals surface area (Å²) < 4.78 is 39.9. The summed E-state index contributed by atoms with van der Waals surface area (Å²) in [5.74, 6) is -1.64. The van der Waals surface area contributed by atoms with Gasteiger partial charge in [-0.2, -0.15) is 18.4 Å². The van der Waals surface area contributed by atoms with E-state index in [-0.39, 0.29) is 42.2 Å². The molecule has 0 spiro atoms. The average molecular weight is 428 g/mol. The van der Waals surface area contributed by atoms with Crippen molar-refractivity contribution in [1.82, 2.24) is 0 Å². The molecule has 0 bridgehead atoms. The number of hydrogen-bond donors (Lipinski definition) is 1. The first kappa shape index (κ1) is 22.5. The SMILES string of the molecule is Cc1cc(C)c(C2C(=O)CC(CCNc3ccc(C#N)cc3C(F)(F)F)C2=O)c(C)c1. The number of aryl methyl sites for hydroxylation is 3. The highest BCUT2D eigenvalue weighted by Gasteiger charge is 2.43. The van der Waals surface area contributed by atoms with Gasteiger partial charge in [0.25, 0.3) is 0 Å². The number of benzene rings is 2. The molecule has 1 aliphatic rings. The lowest BCUT2D eigenvalue weighted by atomic mass is 9.86. The van der Waals surface area contributed by atoms with Gasteiger partial charge in [0.2, 0.25) is 0 Å². The van der Waals surface area contributed by atoms with Crippen molar-refractivity contribution in [2.75, 3.05) is 11.9 Å². The number of ketones is 2. The second-order valence-electron chi connectivity index (χ2n) is 8.10. The molecule has 31 heavy (non-hydrogen) atoms. The predicted octanol–water partition coefficient (Wildman–Crippen LogP) is 5.25. The third kappa shape index (κ3) is 4.63. The van der Waals surface area contributed by atoms with Crippen LogP contribution in [0.4, 0.5) is 18.9 Å². The summed E-state index contributed by atoms with van der Waals surface area (Å²) in [6.07, 6.45) is -4.26. The molecule has 2 aromatic rings. The normalized spacial score (nSPS) is 18.9. The zero-order valence-corrected chi connectivity index (χ0v) is 17.6. The first-order valence-corrected chi connectivity index (χ1v) is 10.0. The second-order valence-corrected chi connectivity index (χ2v) is 8.10. The molecule has 0 amide bonds. The predicted molar refractivity (Wildman–Crippen MR) is 111 cm³/mol. The van der Waals surface area contributed by atoms with Crippen molar-refractivity contribution in [3.63, 3.8) is 0 Å². The number of nitrogens with zero attached hydrogens (tertiary/aromatic N) is 1. The van der Waals surface area contributed by atoms with Crippen LogP contribution in [-0.2, 0) is 15.8 Å². The minimum absolute atomic E-state index is 0.0823. The second kappa shape index (κ2) is 8.54. The van der Waals surface area contributed by atoms with E-state index in [9.17, 15) is 22.8 Å². The summed E-state index contributed by atoms with van der Waals surface area (Å²) >= 11 is 0. The van der Waals surface area contributed by atoms with Gasteiger partial charge in [0.05, 0.1) is 17.2 Å². The van der Waals surface area contributed by atoms with E-state index in [2.05, 4.69) is 5.32 Å². The van der Waals surface area contributed by atoms with Gasteiger partial charge in [-0.3, -0.25) is 9.59 Å². The number of carbonyl (C=O) groups excluding carboxylic acids is 2. The smallest absolute Gasteiger partial charge is 0.385 e. The number of nitriles is 1. The maximum atomic E-state index is 13.3. The summed E-state index contributed by atoms with van der Waals surface area (Å²) in [5.41, 5.74) is 2.45. The molecule has 162 valence electrons. The van der Waals surface area contributed by atoms with Crippen molar-refractivity contribution >= 4 is 17.3 Å². The van der Waals surface area contributed by atoms with Crippen LogP contribution in [0.2, 0.25) is 0 Å². The number of anilines is 1. The highest BCUT2D eigenvalue weighted by molar-refractivity contribution is 6.15. The lowest BCUT2D eigenvalue weighted by Gasteiger charge is -2.17. The number of rotatable bonds is 5. The Morgan fingerprint density at radius 3 is 2.32 bits per heavy atom. The molecule has 0 aliphatic heterocycles. The van der Waals surface area contributed by atoms with Crippen LogP contribution in [0.15, 0.2) is 30.3 Å². The Kier molecular flexibility index (Phi) is 6.21. The van der Waals surface area contributed by atoms with Gasteiger partial charge >= 0.3 is 6.18 Å². The van der Waals surface area contributed by atoms with Crippen LogP contribution in [0.3, 0.4) is 0 Å². The summed E-state index contributed by atoms with van der Waals surface area (Å²) in [6, 6.07) is 8.91. The maximum Gasteiger partial charge on any atom is 0.418 e. The molecule has 2 unspecified atom stereocenters. The van der Waals surface area contributed by atoms with Crippen molar-refractivity contribution in [1.29, 1.82) is 5.26 Å². The number of alkyl halides is 3. The fraction of sp³-hybridized carbons (Fsp3) is 0.375. The third-order valence-corrected chi connectivity index (χ3v) is 5.75. The first-order valence-electron chi connectivity index (χ1n) is 10.0. The summed E-state index contributed by atoms with van der Waals surface area (Å²) in [5, 5.41) is 11.6. The molecular formula is C24H23F3N2O2. The van der Waals surface area contributed by atoms with Crippen molar-refractivity contribution in [3.05, 3.63) is 63.7 Å². The fourth-order valence-electron chi connectivity index (χ4n) is 4.43. The molecule has 0 heterocycles. The van der Waals surface area contributed by atoms with Crippen LogP contribution in [0.25, 0.3) is 0 Å². The topological polar surface area (TPSA) is 70.0 Å². The van der Waals surface area contributed by atoms with Crippen LogP contribution in [0.1, 0.15) is 52.1 Å². The Labute approximate surface area is 179 Å². The molecule has 4 nitrogen and oxygen atoms in total. The summed E-state index contributed by atoms with van der Waals surface area (Å²) in [7, 11) is 0. The molecular weight excluding hydrogens is 405 g/mol. The Morgan fingerprint density at radius 2 is 1.74 bits per heavy atom. The zero-order valence-electron chi connectivity index (χ0n) is 17.6. The van der Waals surface area contributed by atoms with E-state index in [1.54, 1.807) is 6.07 Å². The lowest BCUT2D eigenvalue weighted by molar-refractivity contribution is -0.137. The molecule has 2 aromatic carbocycles. The van der Waals surface area contributed by atoms with Crippen LogP contribution >= 0.6 is 0 Å². The molecule has 1 saturated carbocycles. The largest absolute Gasteiger partial charge is 0.418 e. The Morgan fingerprint density at radius 1 is 1.10 bits per heavy atom. The molecule has 0 radical (unpaired) electrons. The quantitative estimate of drug-likeness (QED) is 0.661. The Bertz CT molecular complexity index is 1060. The third-order valence-electron chi connectivity index (χ3n) is 5.75. The van der Waals surface area contributed by atoms with E-state index < -0.39 is 23.6 Å². The van der Waals surface area contributed by atoms with Gasteiger partial charge in [0.15, 0.2) is 5.78 Å². The van der Waals surface area contributed by atoms with Gasteiger partial charge in [0, 0.05) is 24.6 Å². The van der Waals surface area contributed by atoms with Gasteiger partial charge < -0.3 is 5.32 Å². The molecule has 0 saturated heterocycles. The molecule has 1 aliphatic carbocycles. The van der Waals surface area contributed by atoms with Gasteiger partial charge in [-0.15, -0.1) is 0 Å². The van der Waals surface area contributed by atoms with E-state index in [1.807, 2.05) is 32.9 Å². The summed E-state index contributed by atoms with van der Waals surface area (Å²) in [6.45, 7) is 5.83. The van der Waals surface area contributed by atoms with E-state index in [0.29, 0.717) is 0 Å². The number of hydrogen-bond acceptors (Lipinski definition) is 4.